The fourth-order valence-corrected chi connectivity index (χ4v) is 4.09. The Labute approximate surface area is 175 Å². The summed E-state index contributed by atoms with van der Waals surface area (Å²) in [6, 6.07) is -0.143. The standard InChI is InChI=1S/C21H40N4O4/c1-21(2,3)25(20(28)23-17-12-8-5-9-13-17)14-18(26)15-29-24-19(27)22-16-10-6-4-7-11-16/h16-18,26H,4-15H2,1-3H3,(H,23,28)(H2,22,24,27). The maximum absolute atomic E-state index is 12.8. The molecule has 4 N–H and O–H groups in total. The highest BCUT2D eigenvalue weighted by molar-refractivity contribution is 5.75. The van der Waals surface area contributed by atoms with E-state index in [4.69, 9.17) is 4.84 Å². The zero-order valence-corrected chi connectivity index (χ0v) is 18.3. The first-order chi connectivity index (χ1) is 13.8. The van der Waals surface area contributed by atoms with E-state index in [1.54, 1.807) is 4.90 Å². The van der Waals surface area contributed by atoms with Crippen LogP contribution in [0.5, 0.6) is 0 Å². The molecule has 0 aromatic rings. The van der Waals surface area contributed by atoms with Crippen LogP contribution in [0.2, 0.25) is 0 Å². The predicted octanol–water partition coefficient (Wildman–Crippen LogP) is 3.05. The minimum atomic E-state index is -0.902. The van der Waals surface area contributed by atoms with Crippen molar-refractivity contribution in [1.82, 2.24) is 21.0 Å². The van der Waals surface area contributed by atoms with Gasteiger partial charge in [0.25, 0.3) is 0 Å². The number of carbonyl (C=O) groups excluding carboxylic acids is 2. The number of urea groups is 2. The van der Waals surface area contributed by atoms with Gasteiger partial charge in [-0.1, -0.05) is 38.5 Å². The molecule has 29 heavy (non-hydrogen) atoms. The Morgan fingerprint density at radius 2 is 1.48 bits per heavy atom. The maximum Gasteiger partial charge on any atom is 0.338 e. The Kier molecular flexibility index (Phi) is 9.49. The lowest BCUT2D eigenvalue weighted by Crippen LogP contribution is -2.55. The Hall–Kier alpha value is -1.54. The zero-order chi connectivity index (χ0) is 21.3. The molecule has 2 saturated carbocycles. The second kappa shape index (κ2) is 11.6. The molecule has 0 saturated heterocycles. The fraction of sp³-hybridized carbons (Fsp3) is 0.905. The number of nitrogens with zero attached hydrogens (tertiary/aromatic N) is 1. The lowest BCUT2D eigenvalue weighted by Gasteiger charge is -2.38. The van der Waals surface area contributed by atoms with E-state index >= 15 is 0 Å². The molecule has 2 aliphatic rings. The van der Waals surface area contributed by atoms with Crippen LogP contribution in [0, 0.1) is 0 Å². The van der Waals surface area contributed by atoms with Gasteiger partial charge in [-0.15, -0.1) is 0 Å². The SMILES string of the molecule is CC(C)(C)N(CC(O)CONC(=O)NC1CCCCC1)C(=O)NC1CCCCC1. The van der Waals surface area contributed by atoms with Crippen molar-refractivity contribution >= 4 is 12.1 Å². The average molecular weight is 413 g/mol. The van der Waals surface area contributed by atoms with Crippen molar-refractivity contribution in [3.05, 3.63) is 0 Å². The summed E-state index contributed by atoms with van der Waals surface area (Å²) in [5.74, 6) is 0. The molecule has 8 heteroatoms. The molecule has 8 nitrogen and oxygen atoms in total. The van der Waals surface area contributed by atoms with Crippen LogP contribution in [0.4, 0.5) is 9.59 Å². The van der Waals surface area contributed by atoms with E-state index in [1.807, 2.05) is 20.8 Å². The molecule has 0 radical (unpaired) electrons. The molecule has 0 spiro atoms. The van der Waals surface area contributed by atoms with E-state index in [0.717, 1.165) is 51.4 Å². The van der Waals surface area contributed by atoms with Crippen molar-refractivity contribution in [2.24, 2.45) is 0 Å². The Morgan fingerprint density at radius 3 is 2.00 bits per heavy atom. The molecular weight excluding hydrogens is 372 g/mol. The maximum atomic E-state index is 12.8. The summed E-state index contributed by atoms with van der Waals surface area (Å²) in [6.07, 6.45) is 10.1. The quantitative estimate of drug-likeness (QED) is 0.483. The minimum Gasteiger partial charge on any atom is -0.389 e. The first-order valence-corrected chi connectivity index (χ1v) is 11.2. The summed E-state index contributed by atoms with van der Waals surface area (Å²) in [7, 11) is 0. The van der Waals surface area contributed by atoms with Gasteiger partial charge in [0, 0.05) is 17.6 Å². The Balaban J connectivity index is 1.73. The molecule has 0 heterocycles. The van der Waals surface area contributed by atoms with Gasteiger partial charge in [-0.2, -0.15) is 0 Å². The summed E-state index contributed by atoms with van der Waals surface area (Å²) in [6.45, 7) is 5.88. The lowest BCUT2D eigenvalue weighted by molar-refractivity contribution is -0.0201. The van der Waals surface area contributed by atoms with E-state index in [0.29, 0.717) is 0 Å². The largest absolute Gasteiger partial charge is 0.389 e. The summed E-state index contributed by atoms with van der Waals surface area (Å²) in [5.41, 5.74) is 1.90. The number of aliphatic hydroxyl groups excluding tert-OH is 1. The van der Waals surface area contributed by atoms with Gasteiger partial charge in [0.05, 0.1) is 12.6 Å². The second-order valence-corrected chi connectivity index (χ2v) is 9.44. The van der Waals surface area contributed by atoms with Gasteiger partial charge in [0.1, 0.15) is 6.61 Å². The fourth-order valence-electron chi connectivity index (χ4n) is 4.09. The topological polar surface area (TPSA) is 103 Å². The van der Waals surface area contributed by atoms with Crippen molar-refractivity contribution in [1.29, 1.82) is 0 Å². The van der Waals surface area contributed by atoms with Crippen LogP contribution in [0.1, 0.15) is 85.0 Å². The van der Waals surface area contributed by atoms with Crippen molar-refractivity contribution in [3.63, 3.8) is 0 Å². The van der Waals surface area contributed by atoms with Crippen LogP contribution in [0.25, 0.3) is 0 Å². The minimum absolute atomic E-state index is 0.0820. The smallest absolute Gasteiger partial charge is 0.338 e. The van der Waals surface area contributed by atoms with Crippen LogP contribution >= 0.6 is 0 Å². The van der Waals surface area contributed by atoms with Gasteiger partial charge in [-0.05, 0) is 46.5 Å². The van der Waals surface area contributed by atoms with E-state index in [-0.39, 0.29) is 37.3 Å². The van der Waals surface area contributed by atoms with E-state index in [2.05, 4.69) is 16.1 Å². The summed E-state index contributed by atoms with van der Waals surface area (Å²) in [4.78, 5) is 31.5. The number of β-amino-alcohol motifs (C(OH)–C–C–N with tert-alkyl or cyclic N) is 1. The normalized spacial score (nSPS) is 20.0. The summed E-state index contributed by atoms with van der Waals surface area (Å²) >= 11 is 0. The number of aliphatic hydroxyl groups is 1. The van der Waals surface area contributed by atoms with E-state index in [1.165, 1.54) is 12.8 Å². The number of amides is 4. The van der Waals surface area contributed by atoms with Crippen molar-refractivity contribution in [3.8, 4) is 0 Å². The molecule has 168 valence electrons. The third kappa shape index (κ3) is 8.78. The molecular formula is C21H40N4O4. The molecule has 2 aliphatic carbocycles. The van der Waals surface area contributed by atoms with Crippen molar-refractivity contribution in [2.45, 2.75) is 109 Å². The van der Waals surface area contributed by atoms with Crippen LogP contribution in [0.15, 0.2) is 0 Å². The van der Waals surface area contributed by atoms with Crippen LogP contribution in [-0.4, -0.2) is 58.9 Å². The summed E-state index contributed by atoms with van der Waals surface area (Å²) in [5, 5.41) is 16.3. The molecule has 4 amide bonds. The van der Waals surface area contributed by atoms with Gasteiger partial charge in [-0.3, -0.25) is 4.84 Å². The lowest BCUT2D eigenvalue weighted by atomic mass is 9.95. The number of rotatable bonds is 7. The molecule has 1 atom stereocenters. The number of carbonyl (C=O) groups is 2. The molecule has 2 fully saturated rings. The number of hydrogen-bond donors (Lipinski definition) is 4. The number of nitrogens with one attached hydrogen (secondary N) is 3. The first kappa shape index (κ1) is 23.7. The van der Waals surface area contributed by atoms with Crippen LogP contribution < -0.4 is 16.1 Å². The van der Waals surface area contributed by atoms with Crippen molar-refractivity contribution < 1.29 is 19.5 Å². The van der Waals surface area contributed by atoms with Gasteiger partial charge in [0.2, 0.25) is 0 Å². The van der Waals surface area contributed by atoms with E-state index < -0.39 is 11.6 Å². The monoisotopic (exact) mass is 412 g/mol. The highest BCUT2D eigenvalue weighted by Crippen LogP contribution is 2.20. The second-order valence-electron chi connectivity index (χ2n) is 9.44. The average Bonchev–Trinajstić information content (AvgIpc) is 2.66. The molecule has 2 rings (SSSR count). The zero-order valence-electron chi connectivity index (χ0n) is 18.3. The van der Waals surface area contributed by atoms with E-state index in [9.17, 15) is 14.7 Å². The first-order valence-electron chi connectivity index (χ1n) is 11.2. The van der Waals surface area contributed by atoms with Gasteiger partial charge >= 0.3 is 12.1 Å². The number of hydroxylamine groups is 1. The molecule has 0 aromatic heterocycles. The predicted molar refractivity (Wildman–Crippen MR) is 112 cm³/mol. The van der Waals surface area contributed by atoms with Gasteiger partial charge in [0.15, 0.2) is 0 Å². The van der Waals surface area contributed by atoms with Crippen LogP contribution in [-0.2, 0) is 4.84 Å². The molecule has 0 aromatic carbocycles. The third-order valence-corrected chi connectivity index (χ3v) is 5.76. The molecule has 0 aliphatic heterocycles. The van der Waals surface area contributed by atoms with Crippen LogP contribution in [0.3, 0.4) is 0 Å². The highest BCUT2D eigenvalue weighted by Gasteiger charge is 2.30. The molecule has 1 unspecified atom stereocenters. The van der Waals surface area contributed by atoms with Gasteiger partial charge < -0.3 is 20.6 Å². The van der Waals surface area contributed by atoms with Gasteiger partial charge in [-0.25, -0.2) is 15.1 Å². The summed E-state index contributed by atoms with van der Waals surface area (Å²) < 4.78 is 0. The third-order valence-electron chi connectivity index (χ3n) is 5.76. The number of hydrogen-bond acceptors (Lipinski definition) is 4. The Bertz CT molecular complexity index is 511. The van der Waals surface area contributed by atoms with Crippen molar-refractivity contribution in [2.75, 3.05) is 13.2 Å². The molecule has 0 bridgehead atoms. The Morgan fingerprint density at radius 1 is 0.966 bits per heavy atom. The highest BCUT2D eigenvalue weighted by atomic mass is 16.7.